The molecule has 24 heavy (non-hydrogen) atoms. The van der Waals surface area contributed by atoms with Gasteiger partial charge in [0.15, 0.2) is 0 Å². The first-order valence-electron chi connectivity index (χ1n) is 7.99. The number of hydrogen-bond acceptors (Lipinski definition) is 2. The lowest BCUT2D eigenvalue weighted by Crippen LogP contribution is -2.18. The van der Waals surface area contributed by atoms with E-state index in [4.69, 9.17) is 0 Å². The van der Waals surface area contributed by atoms with Crippen molar-refractivity contribution in [2.75, 3.05) is 0 Å². The van der Waals surface area contributed by atoms with Crippen molar-refractivity contribution in [2.45, 2.75) is 25.7 Å². The van der Waals surface area contributed by atoms with Crippen molar-refractivity contribution in [3.05, 3.63) is 94.1 Å². The molecule has 2 heterocycles. The van der Waals surface area contributed by atoms with Crippen LogP contribution in [0.1, 0.15) is 39.7 Å². The molecule has 4 rings (SSSR count). The smallest absolute Gasteiger partial charge is 0.123 e. The molecular formula is C20H18FNO2. The van der Waals surface area contributed by atoms with E-state index in [1.807, 2.05) is 18.2 Å². The van der Waals surface area contributed by atoms with Crippen molar-refractivity contribution in [1.82, 2.24) is 4.57 Å². The molecule has 2 N–H and O–H groups in total. The fourth-order valence-electron chi connectivity index (χ4n) is 3.52. The molecule has 1 aliphatic heterocycles. The molecule has 0 saturated carbocycles. The summed E-state index contributed by atoms with van der Waals surface area (Å²) in [5.41, 5.74) is 5.59. The minimum Gasteiger partial charge on any atom is -0.392 e. The normalized spacial score (nSPS) is 14.1. The summed E-state index contributed by atoms with van der Waals surface area (Å²) in [6, 6.07) is 16.0. The zero-order valence-electron chi connectivity index (χ0n) is 13.1. The first kappa shape index (κ1) is 15.1. The highest BCUT2D eigenvalue weighted by atomic mass is 19.1. The molecule has 1 atom stereocenters. The van der Waals surface area contributed by atoms with Gasteiger partial charge in [0, 0.05) is 24.2 Å². The summed E-state index contributed by atoms with van der Waals surface area (Å²) in [4.78, 5) is 0. The molecule has 0 amide bonds. The second-order valence-electron chi connectivity index (χ2n) is 6.19. The van der Waals surface area contributed by atoms with E-state index in [-0.39, 0.29) is 12.4 Å². The van der Waals surface area contributed by atoms with Crippen LogP contribution in [0, 0.1) is 5.82 Å². The Morgan fingerprint density at radius 3 is 2.46 bits per heavy atom. The van der Waals surface area contributed by atoms with Gasteiger partial charge in [-0.25, -0.2) is 4.39 Å². The van der Waals surface area contributed by atoms with Gasteiger partial charge in [0.2, 0.25) is 0 Å². The highest BCUT2D eigenvalue weighted by Gasteiger charge is 2.25. The molecule has 1 aromatic heterocycles. The standard InChI is InChI=1S/C20H18FNO2/c21-17-7-5-13(6-8-17)20(24)19-16(12-23)10-18-9-14-3-1-2-4-15(14)11-22(18)19/h1-8,10,20,23-24H,9,11-12H2. The monoisotopic (exact) mass is 323 g/mol. The summed E-state index contributed by atoms with van der Waals surface area (Å²) in [5.74, 6) is -0.334. The Labute approximate surface area is 139 Å². The van der Waals surface area contributed by atoms with Crippen LogP contribution in [-0.2, 0) is 19.6 Å². The number of aliphatic hydroxyl groups excluding tert-OH is 2. The fraction of sp³-hybridized carbons (Fsp3) is 0.200. The summed E-state index contributed by atoms with van der Waals surface area (Å²) in [6.45, 7) is 0.531. The molecule has 0 saturated heterocycles. The van der Waals surface area contributed by atoms with Gasteiger partial charge in [0.25, 0.3) is 0 Å². The third-order valence-corrected chi connectivity index (χ3v) is 4.74. The summed E-state index contributed by atoms with van der Waals surface area (Å²) in [5, 5.41) is 20.6. The first-order valence-corrected chi connectivity index (χ1v) is 7.99. The van der Waals surface area contributed by atoms with Crippen LogP contribution < -0.4 is 0 Å². The van der Waals surface area contributed by atoms with Crippen molar-refractivity contribution in [3.8, 4) is 0 Å². The Bertz CT molecular complexity index is 883. The van der Waals surface area contributed by atoms with Gasteiger partial charge >= 0.3 is 0 Å². The van der Waals surface area contributed by atoms with Gasteiger partial charge in [-0.3, -0.25) is 0 Å². The van der Waals surface area contributed by atoms with Crippen LogP contribution in [0.25, 0.3) is 0 Å². The molecule has 122 valence electrons. The maximum Gasteiger partial charge on any atom is 0.123 e. The summed E-state index contributed by atoms with van der Waals surface area (Å²) < 4.78 is 15.2. The largest absolute Gasteiger partial charge is 0.392 e. The minimum absolute atomic E-state index is 0.135. The fourth-order valence-corrected chi connectivity index (χ4v) is 3.52. The van der Waals surface area contributed by atoms with Crippen molar-refractivity contribution < 1.29 is 14.6 Å². The van der Waals surface area contributed by atoms with Crippen LogP contribution in [0.15, 0.2) is 54.6 Å². The lowest BCUT2D eigenvalue weighted by Gasteiger charge is -2.24. The van der Waals surface area contributed by atoms with E-state index in [0.29, 0.717) is 17.8 Å². The molecule has 1 unspecified atom stereocenters. The SMILES string of the molecule is OCc1cc2n(c1C(O)c1ccc(F)cc1)Cc1ccccc1C2. The van der Waals surface area contributed by atoms with Crippen molar-refractivity contribution >= 4 is 0 Å². The van der Waals surface area contributed by atoms with E-state index in [9.17, 15) is 14.6 Å². The molecule has 1 aliphatic rings. The molecule has 0 bridgehead atoms. The number of fused-ring (bicyclic) bond motifs is 2. The Kier molecular flexibility index (Phi) is 3.71. The molecule has 2 aromatic carbocycles. The highest BCUT2D eigenvalue weighted by Crippen LogP contribution is 2.33. The zero-order valence-corrected chi connectivity index (χ0v) is 13.1. The number of rotatable bonds is 3. The molecule has 3 aromatic rings. The summed E-state index contributed by atoms with van der Waals surface area (Å²) in [7, 11) is 0. The van der Waals surface area contributed by atoms with Gasteiger partial charge in [-0.2, -0.15) is 0 Å². The Morgan fingerprint density at radius 2 is 1.75 bits per heavy atom. The average molecular weight is 323 g/mol. The van der Waals surface area contributed by atoms with Crippen LogP contribution >= 0.6 is 0 Å². The van der Waals surface area contributed by atoms with Gasteiger partial charge in [-0.15, -0.1) is 0 Å². The van der Waals surface area contributed by atoms with Crippen molar-refractivity contribution in [1.29, 1.82) is 0 Å². The van der Waals surface area contributed by atoms with Gasteiger partial charge < -0.3 is 14.8 Å². The number of nitrogens with zero attached hydrogens (tertiary/aromatic N) is 1. The van der Waals surface area contributed by atoms with E-state index < -0.39 is 6.10 Å². The third-order valence-electron chi connectivity index (χ3n) is 4.74. The molecule has 0 fully saturated rings. The topological polar surface area (TPSA) is 45.4 Å². The van der Waals surface area contributed by atoms with Gasteiger partial charge in [-0.05, 0) is 34.9 Å². The highest BCUT2D eigenvalue weighted by molar-refractivity contribution is 5.42. The molecule has 4 heteroatoms. The number of aromatic nitrogens is 1. The Morgan fingerprint density at radius 1 is 1.04 bits per heavy atom. The lowest BCUT2D eigenvalue weighted by atomic mass is 9.99. The number of hydrogen-bond donors (Lipinski definition) is 2. The van der Waals surface area contributed by atoms with Crippen LogP contribution in [-0.4, -0.2) is 14.8 Å². The second-order valence-corrected chi connectivity index (χ2v) is 6.19. The number of aliphatic hydroxyl groups is 2. The van der Waals surface area contributed by atoms with E-state index >= 15 is 0 Å². The van der Waals surface area contributed by atoms with Crippen molar-refractivity contribution in [3.63, 3.8) is 0 Å². The molecule has 0 spiro atoms. The van der Waals surface area contributed by atoms with E-state index in [2.05, 4.69) is 16.7 Å². The third kappa shape index (κ3) is 2.44. The maximum atomic E-state index is 13.1. The predicted octanol–water partition coefficient (Wildman–Crippen LogP) is 3.15. The Hall–Kier alpha value is -2.43. The van der Waals surface area contributed by atoms with Crippen LogP contribution in [0.2, 0.25) is 0 Å². The average Bonchev–Trinajstić information content (AvgIpc) is 2.97. The Balaban J connectivity index is 1.79. The summed E-state index contributed by atoms with van der Waals surface area (Å²) >= 11 is 0. The minimum atomic E-state index is -0.897. The number of halogens is 1. The molecule has 0 radical (unpaired) electrons. The second kappa shape index (κ2) is 5.89. The first-order chi connectivity index (χ1) is 11.7. The van der Waals surface area contributed by atoms with E-state index in [1.165, 1.54) is 23.3 Å². The van der Waals surface area contributed by atoms with Crippen molar-refractivity contribution in [2.24, 2.45) is 0 Å². The molecule has 0 aliphatic carbocycles. The maximum absolute atomic E-state index is 13.1. The van der Waals surface area contributed by atoms with Crippen LogP contribution in [0.4, 0.5) is 4.39 Å². The van der Waals surface area contributed by atoms with Crippen LogP contribution in [0.5, 0.6) is 0 Å². The lowest BCUT2D eigenvalue weighted by molar-refractivity contribution is 0.203. The zero-order chi connectivity index (χ0) is 16.7. The van der Waals surface area contributed by atoms with E-state index in [1.54, 1.807) is 12.1 Å². The summed E-state index contributed by atoms with van der Waals surface area (Å²) in [6.07, 6.45) is -0.119. The predicted molar refractivity (Wildman–Crippen MR) is 89.2 cm³/mol. The van der Waals surface area contributed by atoms with E-state index in [0.717, 1.165) is 17.7 Å². The quantitative estimate of drug-likeness (QED) is 0.608. The van der Waals surface area contributed by atoms with Gasteiger partial charge in [-0.1, -0.05) is 36.4 Å². The molecular weight excluding hydrogens is 305 g/mol. The van der Waals surface area contributed by atoms with Crippen LogP contribution in [0.3, 0.4) is 0 Å². The van der Waals surface area contributed by atoms with Gasteiger partial charge in [0.1, 0.15) is 11.9 Å². The van der Waals surface area contributed by atoms with Gasteiger partial charge in [0.05, 0.1) is 12.3 Å². The molecule has 3 nitrogen and oxygen atoms in total. The number of benzene rings is 2.